The fourth-order valence-electron chi connectivity index (χ4n) is 2.43. The van der Waals surface area contributed by atoms with Gasteiger partial charge in [-0.3, -0.25) is 0 Å². The van der Waals surface area contributed by atoms with Crippen LogP contribution in [-0.4, -0.2) is 30.8 Å². The standard InChI is InChI=1S/C19H17FN2O5S/c1-11-4-9-15(28(3,24)25)10-16(11)19(23)26-12(2)17-21-22-18(27-17)13-5-7-14(20)8-6-13/h4-10,12H,1-3H3/t12-/m1/s1. The molecule has 28 heavy (non-hydrogen) atoms. The van der Waals surface area contributed by atoms with E-state index in [1.807, 2.05) is 0 Å². The van der Waals surface area contributed by atoms with Gasteiger partial charge in [0, 0.05) is 11.8 Å². The summed E-state index contributed by atoms with van der Waals surface area (Å²) in [5.41, 5.74) is 1.23. The van der Waals surface area contributed by atoms with Gasteiger partial charge in [0.1, 0.15) is 5.82 Å². The molecule has 0 aliphatic heterocycles. The smallest absolute Gasteiger partial charge is 0.339 e. The van der Waals surface area contributed by atoms with Crippen LogP contribution in [0.4, 0.5) is 4.39 Å². The number of hydrogen-bond donors (Lipinski definition) is 0. The Bertz CT molecular complexity index is 1120. The molecular formula is C19H17FN2O5S. The van der Waals surface area contributed by atoms with Gasteiger partial charge in [-0.05, 0) is 55.8 Å². The molecule has 0 fully saturated rings. The zero-order chi connectivity index (χ0) is 20.5. The van der Waals surface area contributed by atoms with Crippen molar-refractivity contribution in [2.75, 3.05) is 6.26 Å². The van der Waals surface area contributed by atoms with Crippen molar-refractivity contribution >= 4 is 15.8 Å². The zero-order valence-corrected chi connectivity index (χ0v) is 16.2. The van der Waals surface area contributed by atoms with Crippen molar-refractivity contribution in [3.8, 4) is 11.5 Å². The van der Waals surface area contributed by atoms with Crippen LogP contribution in [0.3, 0.4) is 0 Å². The summed E-state index contributed by atoms with van der Waals surface area (Å²) in [5.74, 6) is -0.882. The van der Waals surface area contributed by atoms with Gasteiger partial charge in [-0.15, -0.1) is 10.2 Å². The fraction of sp³-hybridized carbons (Fsp3) is 0.211. The Balaban J connectivity index is 1.79. The van der Waals surface area contributed by atoms with E-state index in [2.05, 4.69) is 10.2 Å². The first-order chi connectivity index (χ1) is 13.1. The van der Waals surface area contributed by atoms with Gasteiger partial charge in [0.15, 0.2) is 15.9 Å². The maximum Gasteiger partial charge on any atom is 0.339 e. The Morgan fingerprint density at radius 3 is 2.46 bits per heavy atom. The lowest BCUT2D eigenvalue weighted by molar-refractivity contribution is 0.0278. The number of benzene rings is 2. The number of aromatic nitrogens is 2. The molecule has 1 heterocycles. The second-order valence-electron chi connectivity index (χ2n) is 6.25. The predicted octanol–water partition coefficient (Wildman–Crippen LogP) is 3.51. The summed E-state index contributed by atoms with van der Waals surface area (Å²) < 4.78 is 47.3. The molecule has 1 aromatic heterocycles. The van der Waals surface area contributed by atoms with E-state index in [-0.39, 0.29) is 22.2 Å². The predicted molar refractivity (Wildman–Crippen MR) is 97.8 cm³/mol. The van der Waals surface area contributed by atoms with Crippen LogP contribution in [0.15, 0.2) is 51.8 Å². The average Bonchev–Trinajstić information content (AvgIpc) is 3.12. The van der Waals surface area contributed by atoms with E-state index in [4.69, 9.17) is 9.15 Å². The van der Waals surface area contributed by atoms with Gasteiger partial charge in [0.2, 0.25) is 5.89 Å². The van der Waals surface area contributed by atoms with Crippen molar-refractivity contribution in [2.45, 2.75) is 24.8 Å². The lowest BCUT2D eigenvalue weighted by atomic mass is 10.1. The highest BCUT2D eigenvalue weighted by Gasteiger charge is 2.22. The summed E-state index contributed by atoms with van der Waals surface area (Å²) >= 11 is 0. The van der Waals surface area contributed by atoms with E-state index in [0.717, 1.165) is 6.26 Å². The normalized spacial score (nSPS) is 12.6. The number of esters is 1. The molecule has 0 N–H and O–H groups in total. The molecule has 7 nitrogen and oxygen atoms in total. The molecule has 0 unspecified atom stereocenters. The number of aryl methyl sites for hydroxylation is 1. The molecule has 1 atom stereocenters. The second kappa shape index (κ2) is 7.51. The van der Waals surface area contributed by atoms with Crippen molar-refractivity contribution in [2.24, 2.45) is 0 Å². The third kappa shape index (κ3) is 4.25. The summed E-state index contributed by atoms with van der Waals surface area (Å²) in [6.45, 7) is 3.22. The molecule has 2 aromatic carbocycles. The minimum atomic E-state index is -3.46. The van der Waals surface area contributed by atoms with Gasteiger partial charge in [-0.1, -0.05) is 6.07 Å². The van der Waals surface area contributed by atoms with Crippen LogP contribution in [0.25, 0.3) is 11.5 Å². The first kappa shape index (κ1) is 19.7. The largest absolute Gasteiger partial charge is 0.449 e. The van der Waals surface area contributed by atoms with E-state index in [9.17, 15) is 17.6 Å². The highest BCUT2D eigenvalue weighted by molar-refractivity contribution is 7.90. The third-order valence-corrected chi connectivity index (χ3v) is 5.13. The van der Waals surface area contributed by atoms with Crippen molar-refractivity contribution in [3.63, 3.8) is 0 Å². The lowest BCUT2D eigenvalue weighted by Crippen LogP contribution is -2.12. The molecule has 3 aromatic rings. The molecule has 0 amide bonds. The van der Waals surface area contributed by atoms with Crippen molar-refractivity contribution in [1.29, 1.82) is 0 Å². The number of hydrogen-bond acceptors (Lipinski definition) is 7. The molecule has 0 saturated heterocycles. The minimum Gasteiger partial charge on any atom is -0.449 e. The molecule has 0 spiro atoms. The van der Waals surface area contributed by atoms with Crippen LogP contribution in [0, 0.1) is 12.7 Å². The number of ether oxygens (including phenoxy) is 1. The van der Waals surface area contributed by atoms with E-state index >= 15 is 0 Å². The summed E-state index contributed by atoms with van der Waals surface area (Å²) in [6.07, 6.45) is 0.195. The lowest BCUT2D eigenvalue weighted by Gasteiger charge is -2.12. The Morgan fingerprint density at radius 2 is 1.82 bits per heavy atom. The van der Waals surface area contributed by atoms with Gasteiger partial charge in [0.05, 0.1) is 10.5 Å². The summed E-state index contributed by atoms with van der Waals surface area (Å²) in [6, 6.07) is 9.75. The molecule has 9 heteroatoms. The van der Waals surface area contributed by atoms with E-state index in [0.29, 0.717) is 11.1 Å². The Morgan fingerprint density at radius 1 is 1.14 bits per heavy atom. The molecule has 0 radical (unpaired) electrons. The van der Waals surface area contributed by atoms with E-state index in [1.54, 1.807) is 13.8 Å². The van der Waals surface area contributed by atoms with Crippen molar-refractivity contribution in [1.82, 2.24) is 10.2 Å². The number of carbonyl (C=O) groups is 1. The Labute approximate surface area is 161 Å². The highest BCUT2D eigenvalue weighted by Crippen LogP contribution is 2.24. The number of halogens is 1. The molecule has 0 saturated carbocycles. The van der Waals surface area contributed by atoms with Crippen LogP contribution in [0.2, 0.25) is 0 Å². The monoisotopic (exact) mass is 404 g/mol. The highest BCUT2D eigenvalue weighted by atomic mass is 32.2. The summed E-state index contributed by atoms with van der Waals surface area (Å²) in [5, 5.41) is 7.73. The summed E-state index contributed by atoms with van der Waals surface area (Å²) in [7, 11) is -3.46. The summed E-state index contributed by atoms with van der Waals surface area (Å²) in [4.78, 5) is 12.5. The van der Waals surface area contributed by atoms with Gasteiger partial charge in [-0.2, -0.15) is 0 Å². The number of nitrogens with zero attached hydrogens (tertiary/aromatic N) is 2. The number of carbonyl (C=O) groups excluding carboxylic acids is 1. The second-order valence-corrected chi connectivity index (χ2v) is 8.26. The molecular weight excluding hydrogens is 387 g/mol. The van der Waals surface area contributed by atoms with Crippen molar-refractivity contribution < 1.29 is 26.8 Å². The van der Waals surface area contributed by atoms with Crippen molar-refractivity contribution in [3.05, 3.63) is 65.3 Å². The van der Waals surface area contributed by atoms with Crippen LogP contribution in [0.1, 0.15) is 34.8 Å². The quantitative estimate of drug-likeness (QED) is 0.600. The zero-order valence-electron chi connectivity index (χ0n) is 15.3. The van der Waals surface area contributed by atoms with Gasteiger partial charge in [-0.25, -0.2) is 17.6 Å². The topological polar surface area (TPSA) is 99.4 Å². The Kier molecular flexibility index (Phi) is 5.28. The fourth-order valence-corrected chi connectivity index (χ4v) is 3.08. The molecule has 3 rings (SSSR count). The Hall–Kier alpha value is -3.07. The van der Waals surface area contributed by atoms with Gasteiger partial charge >= 0.3 is 5.97 Å². The van der Waals surface area contributed by atoms with Gasteiger partial charge in [0.25, 0.3) is 5.89 Å². The first-order valence-corrected chi connectivity index (χ1v) is 10.2. The van der Waals surface area contributed by atoms with Crippen LogP contribution >= 0.6 is 0 Å². The van der Waals surface area contributed by atoms with Crippen LogP contribution in [-0.2, 0) is 14.6 Å². The first-order valence-electron chi connectivity index (χ1n) is 8.26. The molecule has 0 aliphatic rings. The van der Waals surface area contributed by atoms with E-state index in [1.165, 1.54) is 42.5 Å². The van der Waals surface area contributed by atoms with E-state index < -0.39 is 27.7 Å². The van der Waals surface area contributed by atoms with Crippen LogP contribution < -0.4 is 0 Å². The number of rotatable bonds is 5. The van der Waals surface area contributed by atoms with Gasteiger partial charge < -0.3 is 9.15 Å². The SMILES string of the molecule is Cc1ccc(S(C)(=O)=O)cc1C(=O)O[C@H](C)c1nnc(-c2ccc(F)cc2)o1. The maximum absolute atomic E-state index is 13.0. The van der Waals surface area contributed by atoms with Crippen LogP contribution in [0.5, 0.6) is 0 Å². The maximum atomic E-state index is 13.0. The third-order valence-electron chi connectivity index (χ3n) is 4.02. The number of sulfone groups is 1. The molecule has 146 valence electrons. The molecule has 0 aliphatic carbocycles. The molecule has 0 bridgehead atoms. The minimum absolute atomic E-state index is 0.0223. The average molecular weight is 404 g/mol.